The van der Waals surface area contributed by atoms with Gasteiger partial charge in [0, 0.05) is 17.5 Å². The van der Waals surface area contributed by atoms with E-state index in [0.717, 1.165) is 22.1 Å². The Kier molecular flexibility index (Phi) is 7.12. The zero-order valence-electron chi connectivity index (χ0n) is 15.3. The van der Waals surface area contributed by atoms with E-state index >= 15 is 0 Å². The number of benzene rings is 2. The summed E-state index contributed by atoms with van der Waals surface area (Å²) >= 11 is 1.32. The van der Waals surface area contributed by atoms with E-state index in [1.54, 1.807) is 0 Å². The van der Waals surface area contributed by atoms with Gasteiger partial charge in [0.05, 0.1) is 11.3 Å². The number of carbonyl (C=O) groups excluding carboxylic acids is 3. The third-order valence-electron chi connectivity index (χ3n) is 3.63. The minimum atomic E-state index is -0.785. The predicted molar refractivity (Wildman–Crippen MR) is 103 cm³/mol. The van der Waals surface area contributed by atoms with Crippen LogP contribution in [0, 0.1) is 19.7 Å². The van der Waals surface area contributed by atoms with Gasteiger partial charge in [-0.3, -0.25) is 14.4 Å². The van der Waals surface area contributed by atoms with Crippen LogP contribution in [0.4, 0.5) is 10.1 Å². The second kappa shape index (κ2) is 9.32. The van der Waals surface area contributed by atoms with Crippen LogP contribution in [0.15, 0.2) is 41.3 Å². The Labute approximate surface area is 161 Å². The molecule has 0 bridgehead atoms. The van der Waals surface area contributed by atoms with E-state index in [0.29, 0.717) is 0 Å². The summed E-state index contributed by atoms with van der Waals surface area (Å²) in [5.74, 6) is -2.27. The van der Waals surface area contributed by atoms with Crippen molar-refractivity contribution in [3.05, 3.63) is 58.9 Å². The zero-order chi connectivity index (χ0) is 20.0. The molecule has 2 aromatic carbocycles. The molecule has 0 atom stereocenters. The molecule has 27 heavy (non-hydrogen) atoms. The first kappa shape index (κ1) is 20.6. The topological polar surface area (TPSA) is 72.5 Å². The lowest BCUT2D eigenvalue weighted by molar-refractivity contribution is -0.139. The maximum atomic E-state index is 14.0. The van der Waals surface area contributed by atoms with Crippen LogP contribution in [0.25, 0.3) is 0 Å². The highest BCUT2D eigenvalue weighted by Crippen LogP contribution is 2.23. The van der Waals surface area contributed by atoms with Gasteiger partial charge in [0.1, 0.15) is 5.82 Å². The number of rotatable bonds is 7. The molecule has 0 spiro atoms. The number of ether oxygens (including phenoxy) is 1. The van der Waals surface area contributed by atoms with Crippen molar-refractivity contribution in [3.8, 4) is 0 Å². The van der Waals surface area contributed by atoms with E-state index in [4.69, 9.17) is 4.74 Å². The first-order chi connectivity index (χ1) is 12.8. The van der Waals surface area contributed by atoms with Crippen LogP contribution in [0.3, 0.4) is 0 Å². The summed E-state index contributed by atoms with van der Waals surface area (Å²) in [5, 5.41) is 2.42. The zero-order valence-corrected chi connectivity index (χ0v) is 16.1. The number of carbonyl (C=O) groups is 3. The van der Waals surface area contributed by atoms with Gasteiger partial charge in [-0.05, 0) is 43.7 Å². The Balaban J connectivity index is 1.87. The first-order valence-electron chi connectivity index (χ1n) is 8.22. The molecule has 0 aromatic heterocycles. The molecule has 0 saturated carbocycles. The van der Waals surface area contributed by atoms with Crippen molar-refractivity contribution in [1.82, 2.24) is 0 Å². The maximum absolute atomic E-state index is 14.0. The van der Waals surface area contributed by atoms with Gasteiger partial charge in [0.25, 0.3) is 0 Å². The number of ketones is 1. The number of esters is 1. The minimum Gasteiger partial charge on any atom is -0.457 e. The highest BCUT2D eigenvalue weighted by atomic mass is 32.2. The molecule has 2 aromatic rings. The normalized spacial score (nSPS) is 10.4. The van der Waals surface area contributed by atoms with E-state index in [1.807, 2.05) is 32.0 Å². The van der Waals surface area contributed by atoms with Crippen molar-refractivity contribution >= 4 is 35.1 Å². The summed E-state index contributed by atoms with van der Waals surface area (Å²) in [6, 6.07) is 9.62. The number of halogens is 1. The number of thioether (sulfide) groups is 1. The van der Waals surface area contributed by atoms with Crippen LogP contribution in [0.2, 0.25) is 0 Å². The van der Waals surface area contributed by atoms with E-state index in [2.05, 4.69) is 5.32 Å². The van der Waals surface area contributed by atoms with Crippen LogP contribution in [-0.4, -0.2) is 30.0 Å². The highest BCUT2D eigenvalue weighted by molar-refractivity contribution is 8.00. The van der Waals surface area contributed by atoms with Crippen LogP contribution in [0.5, 0.6) is 0 Å². The number of Topliss-reactive ketones (excluding diaryl/α,β-unsaturated/α-hetero) is 1. The Hall–Kier alpha value is -2.67. The summed E-state index contributed by atoms with van der Waals surface area (Å²) in [6.07, 6.45) is 0. The lowest BCUT2D eigenvalue weighted by Gasteiger charge is -2.08. The second-order valence-corrected chi connectivity index (χ2v) is 7.03. The molecule has 5 nitrogen and oxygen atoms in total. The quantitative estimate of drug-likeness (QED) is 0.441. The molecule has 0 saturated heterocycles. The van der Waals surface area contributed by atoms with Gasteiger partial charge in [0.2, 0.25) is 11.7 Å². The first-order valence-corrected chi connectivity index (χ1v) is 9.21. The van der Waals surface area contributed by atoms with E-state index in [9.17, 15) is 18.8 Å². The van der Waals surface area contributed by atoms with Gasteiger partial charge < -0.3 is 10.1 Å². The number of hydrogen-bond acceptors (Lipinski definition) is 5. The van der Waals surface area contributed by atoms with Crippen molar-refractivity contribution < 1.29 is 23.5 Å². The van der Waals surface area contributed by atoms with E-state index < -0.39 is 24.2 Å². The monoisotopic (exact) mass is 389 g/mol. The maximum Gasteiger partial charge on any atom is 0.316 e. The number of anilines is 1. The lowest BCUT2D eigenvalue weighted by atomic mass is 10.1. The molecule has 1 N–H and O–H groups in total. The molecule has 1 amide bonds. The molecular formula is C20H20FNO4S. The summed E-state index contributed by atoms with van der Waals surface area (Å²) in [5.41, 5.74) is 2.25. The summed E-state index contributed by atoms with van der Waals surface area (Å²) in [6.45, 7) is 4.70. The van der Waals surface area contributed by atoms with Gasteiger partial charge in [-0.15, -0.1) is 11.8 Å². The van der Waals surface area contributed by atoms with Crippen LogP contribution < -0.4 is 5.32 Å². The Morgan fingerprint density at radius 2 is 1.85 bits per heavy atom. The smallest absolute Gasteiger partial charge is 0.316 e. The van der Waals surface area contributed by atoms with Gasteiger partial charge in [0.15, 0.2) is 6.61 Å². The van der Waals surface area contributed by atoms with Crippen LogP contribution in [-0.2, 0) is 14.3 Å². The Bertz CT molecular complexity index is 882. The van der Waals surface area contributed by atoms with Crippen LogP contribution >= 0.6 is 11.8 Å². The van der Waals surface area contributed by atoms with Gasteiger partial charge >= 0.3 is 5.97 Å². The average molecular weight is 389 g/mol. The fraction of sp³-hybridized carbons (Fsp3) is 0.250. The Morgan fingerprint density at radius 3 is 2.48 bits per heavy atom. The molecule has 0 radical (unpaired) electrons. The third kappa shape index (κ3) is 6.21. The number of nitrogens with one attached hydrogen (secondary N) is 1. The molecule has 142 valence electrons. The summed E-state index contributed by atoms with van der Waals surface area (Å²) in [4.78, 5) is 35.8. The fourth-order valence-electron chi connectivity index (χ4n) is 2.39. The van der Waals surface area contributed by atoms with E-state index in [-0.39, 0.29) is 22.9 Å². The van der Waals surface area contributed by atoms with Crippen LogP contribution in [0.1, 0.15) is 28.4 Å². The van der Waals surface area contributed by atoms with Crippen molar-refractivity contribution in [2.45, 2.75) is 25.7 Å². The molecule has 0 aliphatic rings. The molecule has 2 rings (SSSR count). The molecule has 0 heterocycles. The average Bonchev–Trinajstić information content (AvgIpc) is 2.58. The Morgan fingerprint density at radius 1 is 1.11 bits per heavy atom. The molecule has 0 aliphatic carbocycles. The molecule has 0 fully saturated rings. The van der Waals surface area contributed by atoms with Crippen molar-refractivity contribution in [1.29, 1.82) is 0 Å². The van der Waals surface area contributed by atoms with Crippen molar-refractivity contribution in [2.75, 3.05) is 17.7 Å². The summed E-state index contributed by atoms with van der Waals surface area (Å²) in [7, 11) is 0. The predicted octanol–water partition coefficient (Wildman–Crippen LogP) is 3.92. The van der Waals surface area contributed by atoms with E-state index in [1.165, 1.54) is 30.8 Å². The van der Waals surface area contributed by atoms with Gasteiger partial charge in [-0.1, -0.05) is 17.7 Å². The number of amides is 1. The molecular weight excluding hydrogens is 369 g/mol. The minimum absolute atomic E-state index is 0.0567. The van der Waals surface area contributed by atoms with Crippen molar-refractivity contribution in [3.63, 3.8) is 0 Å². The van der Waals surface area contributed by atoms with Gasteiger partial charge in [-0.25, -0.2) is 4.39 Å². The SMILES string of the molecule is CC(=O)Nc1ccc(C(=O)COC(=O)CSc2ccc(C)cc2C)c(F)c1. The second-order valence-electron chi connectivity index (χ2n) is 6.02. The fourth-order valence-corrected chi connectivity index (χ4v) is 3.19. The highest BCUT2D eigenvalue weighted by Gasteiger charge is 2.15. The largest absolute Gasteiger partial charge is 0.457 e. The van der Waals surface area contributed by atoms with Crippen molar-refractivity contribution in [2.24, 2.45) is 0 Å². The number of hydrogen-bond donors (Lipinski definition) is 1. The third-order valence-corrected chi connectivity index (χ3v) is 4.78. The number of aryl methyl sites for hydroxylation is 2. The molecule has 0 aliphatic heterocycles. The lowest BCUT2D eigenvalue weighted by Crippen LogP contribution is -2.17. The van der Waals surface area contributed by atoms with Gasteiger partial charge in [-0.2, -0.15) is 0 Å². The summed E-state index contributed by atoms with van der Waals surface area (Å²) < 4.78 is 19.0. The standard InChI is InChI=1S/C20H20FNO4S/c1-12-4-7-19(13(2)8-12)27-11-20(25)26-10-18(24)16-6-5-15(9-17(16)21)22-14(3)23/h4-9H,10-11H2,1-3H3,(H,22,23). The molecule has 7 heteroatoms. The molecule has 0 unspecified atom stereocenters.